The SMILES string of the molecule is CCCNC1c2ccccc2CCC1N1CCCC1CC. The van der Waals surface area contributed by atoms with Crippen LogP contribution in [0, 0.1) is 0 Å². The normalized spacial score (nSPS) is 29.5. The van der Waals surface area contributed by atoms with Crippen molar-refractivity contribution in [3.8, 4) is 0 Å². The first-order valence-electron chi connectivity index (χ1n) is 8.92. The van der Waals surface area contributed by atoms with E-state index >= 15 is 0 Å². The third-order valence-electron chi connectivity index (χ3n) is 5.42. The maximum Gasteiger partial charge on any atom is 0.0481 e. The summed E-state index contributed by atoms with van der Waals surface area (Å²) in [6.45, 7) is 7.05. The van der Waals surface area contributed by atoms with E-state index in [4.69, 9.17) is 0 Å². The molecule has 1 saturated heterocycles. The van der Waals surface area contributed by atoms with Crippen LogP contribution >= 0.6 is 0 Å². The van der Waals surface area contributed by atoms with Crippen LogP contribution in [0.25, 0.3) is 0 Å². The van der Waals surface area contributed by atoms with Gasteiger partial charge in [-0.1, -0.05) is 38.1 Å². The summed E-state index contributed by atoms with van der Waals surface area (Å²) in [6, 6.07) is 11.1. The average Bonchev–Trinajstić information content (AvgIpc) is 3.00. The molecule has 116 valence electrons. The highest BCUT2D eigenvalue weighted by molar-refractivity contribution is 5.34. The molecule has 0 saturated carbocycles. The minimum absolute atomic E-state index is 0.530. The number of likely N-dealkylation sites (tertiary alicyclic amines) is 1. The molecule has 3 rings (SSSR count). The van der Waals surface area contributed by atoms with Gasteiger partial charge in [-0.2, -0.15) is 0 Å². The molecule has 1 N–H and O–H groups in total. The van der Waals surface area contributed by atoms with Crippen LogP contribution in [-0.2, 0) is 6.42 Å². The van der Waals surface area contributed by atoms with Crippen LogP contribution < -0.4 is 5.32 Å². The summed E-state index contributed by atoms with van der Waals surface area (Å²) in [7, 11) is 0. The van der Waals surface area contributed by atoms with Gasteiger partial charge in [-0.25, -0.2) is 0 Å². The van der Waals surface area contributed by atoms with Gasteiger partial charge in [-0.15, -0.1) is 0 Å². The van der Waals surface area contributed by atoms with E-state index in [1.54, 1.807) is 11.1 Å². The van der Waals surface area contributed by atoms with Gasteiger partial charge in [-0.05, 0) is 62.7 Å². The van der Waals surface area contributed by atoms with Crippen LogP contribution in [0.5, 0.6) is 0 Å². The van der Waals surface area contributed by atoms with E-state index in [1.807, 2.05) is 0 Å². The Bertz CT molecular complexity index is 457. The molecule has 3 atom stereocenters. The summed E-state index contributed by atoms with van der Waals surface area (Å²) < 4.78 is 0. The standard InChI is InChI=1S/C19H30N2/c1-3-13-20-19-17-10-6-5-8-15(17)11-12-18(19)21-14-7-9-16(21)4-2/h5-6,8,10,16,18-20H,3-4,7,9,11-14H2,1-2H3. The van der Waals surface area contributed by atoms with Crippen molar-refractivity contribution in [2.75, 3.05) is 13.1 Å². The molecule has 2 aliphatic rings. The zero-order valence-corrected chi connectivity index (χ0v) is 13.6. The predicted octanol–water partition coefficient (Wildman–Crippen LogP) is 3.92. The highest BCUT2D eigenvalue weighted by atomic mass is 15.2. The first-order valence-corrected chi connectivity index (χ1v) is 8.92. The maximum atomic E-state index is 3.86. The van der Waals surface area contributed by atoms with Crippen LogP contribution in [0.15, 0.2) is 24.3 Å². The molecule has 1 aromatic carbocycles. The minimum Gasteiger partial charge on any atom is -0.309 e. The first kappa shape index (κ1) is 15.1. The summed E-state index contributed by atoms with van der Waals surface area (Å²) in [5.74, 6) is 0. The van der Waals surface area contributed by atoms with Gasteiger partial charge in [0.2, 0.25) is 0 Å². The molecule has 21 heavy (non-hydrogen) atoms. The molecule has 1 aliphatic heterocycles. The van der Waals surface area contributed by atoms with Crippen molar-refractivity contribution in [1.82, 2.24) is 10.2 Å². The van der Waals surface area contributed by atoms with Gasteiger partial charge in [0.05, 0.1) is 0 Å². The van der Waals surface area contributed by atoms with Crippen molar-refractivity contribution in [3.63, 3.8) is 0 Å². The van der Waals surface area contributed by atoms with Crippen molar-refractivity contribution < 1.29 is 0 Å². The Balaban J connectivity index is 1.85. The van der Waals surface area contributed by atoms with Gasteiger partial charge in [0.25, 0.3) is 0 Å². The highest BCUT2D eigenvalue weighted by Gasteiger charge is 2.37. The lowest BCUT2D eigenvalue weighted by Crippen LogP contribution is -2.49. The van der Waals surface area contributed by atoms with E-state index in [2.05, 4.69) is 48.3 Å². The molecule has 2 nitrogen and oxygen atoms in total. The van der Waals surface area contributed by atoms with Crippen LogP contribution in [0.4, 0.5) is 0 Å². The maximum absolute atomic E-state index is 3.86. The van der Waals surface area contributed by atoms with E-state index in [0.29, 0.717) is 12.1 Å². The summed E-state index contributed by atoms with van der Waals surface area (Å²) in [5.41, 5.74) is 3.12. The second kappa shape index (κ2) is 6.93. The Kier molecular flexibility index (Phi) is 4.97. The number of nitrogens with zero attached hydrogens (tertiary/aromatic N) is 1. The van der Waals surface area contributed by atoms with Crippen LogP contribution in [0.2, 0.25) is 0 Å². The van der Waals surface area contributed by atoms with E-state index in [1.165, 1.54) is 45.1 Å². The fraction of sp³-hybridized carbons (Fsp3) is 0.684. The molecule has 3 unspecified atom stereocenters. The lowest BCUT2D eigenvalue weighted by Gasteiger charge is -2.42. The molecular formula is C19H30N2. The smallest absolute Gasteiger partial charge is 0.0481 e. The molecule has 0 aromatic heterocycles. The molecule has 0 radical (unpaired) electrons. The van der Waals surface area contributed by atoms with Crippen molar-refractivity contribution in [2.45, 2.75) is 70.5 Å². The number of nitrogens with one attached hydrogen (secondary N) is 1. The number of hydrogen-bond donors (Lipinski definition) is 1. The Morgan fingerprint density at radius 3 is 2.86 bits per heavy atom. The Labute approximate surface area is 129 Å². The molecule has 1 heterocycles. The van der Waals surface area contributed by atoms with E-state index in [-0.39, 0.29) is 0 Å². The van der Waals surface area contributed by atoms with E-state index < -0.39 is 0 Å². The predicted molar refractivity (Wildman–Crippen MR) is 89.6 cm³/mol. The average molecular weight is 286 g/mol. The second-order valence-electron chi connectivity index (χ2n) is 6.68. The quantitative estimate of drug-likeness (QED) is 0.882. The molecular weight excluding hydrogens is 256 g/mol. The van der Waals surface area contributed by atoms with Crippen molar-refractivity contribution in [3.05, 3.63) is 35.4 Å². The van der Waals surface area contributed by atoms with Gasteiger partial charge in [0.1, 0.15) is 0 Å². The van der Waals surface area contributed by atoms with Crippen LogP contribution in [-0.4, -0.2) is 30.1 Å². The summed E-state index contributed by atoms with van der Waals surface area (Å²) in [6.07, 6.45) is 7.86. The van der Waals surface area contributed by atoms with Gasteiger partial charge < -0.3 is 5.32 Å². The number of aryl methyl sites for hydroxylation is 1. The molecule has 1 aromatic rings. The minimum atomic E-state index is 0.530. The van der Waals surface area contributed by atoms with Gasteiger partial charge >= 0.3 is 0 Å². The molecule has 1 fully saturated rings. The summed E-state index contributed by atoms with van der Waals surface area (Å²) in [4.78, 5) is 2.82. The van der Waals surface area contributed by atoms with Gasteiger partial charge in [0, 0.05) is 18.1 Å². The van der Waals surface area contributed by atoms with E-state index in [0.717, 1.165) is 12.6 Å². The highest BCUT2D eigenvalue weighted by Crippen LogP contribution is 2.36. The third-order valence-corrected chi connectivity index (χ3v) is 5.42. The number of fused-ring (bicyclic) bond motifs is 1. The summed E-state index contributed by atoms with van der Waals surface area (Å²) in [5, 5.41) is 3.86. The van der Waals surface area contributed by atoms with Gasteiger partial charge in [-0.3, -0.25) is 4.90 Å². The fourth-order valence-electron chi connectivity index (χ4n) is 4.38. The second-order valence-corrected chi connectivity index (χ2v) is 6.68. The largest absolute Gasteiger partial charge is 0.309 e. The number of benzene rings is 1. The number of hydrogen-bond acceptors (Lipinski definition) is 2. The van der Waals surface area contributed by atoms with Crippen molar-refractivity contribution >= 4 is 0 Å². The van der Waals surface area contributed by atoms with Crippen LogP contribution in [0.1, 0.15) is 63.1 Å². The zero-order valence-electron chi connectivity index (χ0n) is 13.6. The Morgan fingerprint density at radius 1 is 1.19 bits per heavy atom. The Hall–Kier alpha value is -0.860. The molecule has 1 aliphatic carbocycles. The molecule has 2 heteroatoms. The van der Waals surface area contributed by atoms with Crippen LogP contribution in [0.3, 0.4) is 0 Å². The fourth-order valence-corrected chi connectivity index (χ4v) is 4.38. The molecule has 0 spiro atoms. The Morgan fingerprint density at radius 2 is 2.05 bits per heavy atom. The van der Waals surface area contributed by atoms with Crippen molar-refractivity contribution in [2.24, 2.45) is 0 Å². The van der Waals surface area contributed by atoms with Gasteiger partial charge in [0.15, 0.2) is 0 Å². The summed E-state index contributed by atoms with van der Waals surface area (Å²) >= 11 is 0. The third kappa shape index (κ3) is 3.02. The lowest BCUT2D eigenvalue weighted by molar-refractivity contribution is 0.124. The monoisotopic (exact) mass is 286 g/mol. The zero-order chi connectivity index (χ0) is 14.7. The first-order chi connectivity index (χ1) is 10.3. The van der Waals surface area contributed by atoms with Crippen molar-refractivity contribution in [1.29, 1.82) is 0 Å². The van der Waals surface area contributed by atoms with E-state index in [9.17, 15) is 0 Å². The lowest BCUT2D eigenvalue weighted by atomic mass is 9.82. The number of rotatable bonds is 5. The molecule has 0 amide bonds. The molecule has 0 bridgehead atoms. The topological polar surface area (TPSA) is 15.3 Å².